The van der Waals surface area contributed by atoms with Gasteiger partial charge in [-0.25, -0.2) is 0 Å². The van der Waals surface area contributed by atoms with Crippen LogP contribution in [0.1, 0.15) is 12.5 Å². The molecule has 0 atom stereocenters. The van der Waals surface area contributed by atoms with E-state index in [0.717, 1.165) is 6.92 Å². The van der Waals surface area contributed by atoms with Gasteiger partial charge in [0.2, 0.25) is 0 Å². The molecule has 0 N–H and O–H groups in total. The van der Waals surface area contributed by atoms with Crippen LogP contribution in [0.5, 0.6) is 5.75 Å². The van der Waals surface area contributed by atoms with Crippen molar-refractivity contribution in [2.45, 2.75) is 13.1 Å². The van der Waals surface area contributed by atoms with Crippen molar-refractivity contribution in [3.63, 3.8) is 0 Å². The maximum atomic E-state index is 12.3. The summed E-state index contributed by atoms with van der Waals surface area (Å²) in [6.07, 6.45) is -4.02. The molecule has 0 saturated carbocycles. The van der Waals surface area contributed by atoms with Crippen LogP contribution in [0.2, 0.25) is 5.02 Å². The number of carbonyl (C=O) groups excluding carboxylic acids is 1. The largest absolute Gasteiger partial charge is 0.426 e. The van der Waals surface area contributed by atoms with Crippen LogP contribution in [0.3, 0.4) is 0 Å². The number of hydrogen-bond donors (Lipinski definition) is 0. The number of halogens is 5. The second-order valence-electron chi connectivity index (χ2n) is 3.27. The van der Waals surface area contributed by atoms with E-state index in [4.69, 9.17) is 27.9 Å². The summed E-state index contributed by atoms with van der Waals surface area (Å²) in [5.74, 6) is -0.704. The molecule has 18 heavy (non-hydrogen) atoms. The summed E-state index contributed by atoms with van der Waals surface area (Å²) in [6, 6.07) is 3.89. The number of allylic oxidation sites excluding steroid dienone is 1. The van der Waals surface area contributed by atoms with Gasteiger partial charge in [-0.15, -0.1) is 0 Å². The van der Waals surface area contributed by atoms with Crippen LogP contribution in [-0.2, 0) is 4.79 Å². The van der Waals surface area contributed by atoms with Crippen molar-refractivity contribution in [3.8, 4) is 5.75 Å². The van der Waals surface area contributed by atoms with Gasteiger partial charge in [0.25, 0.3) is 0 Å². The average molecular weight is 299 g/mol. The Morgan fingerprint density at radius 3 is 2.50 bits per heavy atom. The summed E-state index contributed by atoms with van der Waals surface area (Å²) in [4.78, 5) is 10.8. The van der Waals surface area contributed by atoms with Gasteiger partial charge in [-0.1, -0.05) is 23.2 Å². The van der Waals surface area contributed by atoms with E-state index < -0.39 is 17.2 Å². The second kappa shape index (κ2) is 5.63. The predicted octanol–water partition coefficient (Wildman–Crippen LogP) is 4.41. The first-order valence-corrected chi connectivity index (χ1v) is 5.38. The SMILES string of the molecule is CC(=O)Oc1ccc(Cl)cc1/C=C(\Cl)C(F)(F)F. The number of carbonyl (C=O) groups is 1. The minimum Gasteiger partial charge on any atom is -0.426 e. The molecule has 0 bridgehead atoms. The minimum absolute atomic E-state index is 0.0278. The Morgan fingerprint density at radius 2 is 2.00 bits per heavy atom. The van der Waals surface area contributed by atoms with Gasteiger partial charge in [0.15, 0.2) is 0 Å². The Kier molecular flexibility index (Phi) is 4.65. The van der Waals surface area contributed by atoms with Gasteiger partial charge in [-0.05, 0) is 24.3 Å². The first-order valence-electron chi connectivity index (χ1n) is 4.62. The first-order chi connectivity index (χ1) is 8.20. The first kappa shape index (κ1) is 14.9. The van der Waals surface area contributed by atoms with E-state index in [-0.39, 0.29) is 16.3 Å². The third kappa shape index (κ3) is 4.23. The van der Waals surface area contributed by atoms with Crippen LogP contribution in [0.4, 0.5) is 13.2 Å². The van der Waals surface area contributed by atoms with E-state index in [1.165, 1.54) is 18.2 Å². The van der Waals surface area contributed by atoms with Gasteiger partial charge in [0.05, 0.1) is 0 Å². The van der Waals surface area contributed by atoms with Gasteiger partial charge in [-0.3, -0.25) is 4.79 Å². The normalized spacial score (nSPS) is 12.4. The lowest BCUT2D eigenvalue weighted by Gasteiger charge is -2.08. The van der Waals surface area contributed by atoms with Crippen molar-refractivity contribution in [1.82, 2.24) is 0 Å². The molecule has 1 aromatic rings. The molecule has 0 aliphatic carbocycles. The van der Waals surface area contributed by atoms with Crippen molar-refractivity contribution < 1.29 is 22.7 Å². The van der Waals surface area contributed by atoms with Crippen molar-refractivity contribution in [2.24, 2.45) is 0 Å². The summed E-state index contributed by atoms with van der Waals surface area (Å²) in [6.45, 7) is 1.13. The van der Waals surface area contributed by atoms with E-state index in [1.54, 1.807) is 0 Å². The van der Waals surface area contributed by atoms with Crippen molar-refractivity contribution in [1.29, 1.82) is 0 Å². The van der Waals surface area contributed by atoms with E-state index in [9.17, 15) is 18.0 Å². The topological polar surface area (TPSA) is 26.3 Å². The molecule has 0 heterocycles. The third-order valence-electron chi connectivity index (χ3n) is 1.78. The monoisotopic (exact) mass is 298 g/mol. The summed E-state index contributed by atoms with van der Waals surface area (Å²) in [7, 11) is 0. The molecule has 0 aliphatic rings. The van der Waals surface area contributed by atoms with Crippen LogP contribution in [0.15, 0.2) is 23.2 Å². The zero-order valence-electron chi connectivity index (χ0n) is 9.02. The molecule has 98 valence electrons. The molecule has 0 saturated heterocycles. The van der Waals surface area contributed by atoms with Crippen LogP contribution in [-0.4, -0.2) is 12.1 Å². The van der Waals surface area contributed by atoms with Crippen LogP contribution < -0.4 is 4.74 Å². The second-order valence-corrected chi connectivity index (χ2v) is 4.11. The van der Waals surface area contributed by atoms with Gasteiger partial charge in [-0.2, -0.15) is 13.2 Å². The zero-order chi connectivity index (χ0) is 13.9. The fourth-order valence-corrected chi connectivity index (χ4v) is 1.40. The maximum absolute atomic E-state index is 12.3. The van der Waals surface area contributed by atoms with Crippen molar-refractivity contribution in [3.05, 3.63) is 33.8 Å². The number of benzene rings is 1. The Labute approximate surface area is 111 Å². The molecular weight excluding hydrogens is 292 g/mol. The van der Waals surface area contributed by atoms with Gasteiger partial charge in [0, 0.05) is 17.5 Å². The quantitative estimate of drug-likeness (QED) is 0.597. The number of ether oxygens (including phenoxy) is 1. The summed E-state index contributed by atoms with van der Waals surface area (Å²) < 4.78 is 41.6. The molecule has 1 aromatic carbocycles. The van der Waals surface area contributed by atoms with Crippen LogP contribution in [0.25, 0.3) is 6.08 Å². The number of hydrogen-bond acceptors (Lipinski definition) is 2. The lowest BCUT2D eigenvalue weighted by molar-refractivity contribution is -0.131. The standard InChI is InChI=1S/C11H7Cl2F3O2/c1-6(17)18-9-3-2-8(12)4-7(9)5-10(13)11(14,15)16/h2-5H,1H3/b10-5-. The van der Waals surface area contributed by atoms with E-state index in [0.29, 0.717) is 6.08 Å². The molecule has 0 unspecified atom stereocenters. The molecular formula is C11H7Cl2F3O2. The van der Waals surface area contributed by atoms with Crippen LogP contribution in [0, 0.1) is 0 Å². The molecule has 0 aliphatic heterocycles. The highest BCUT2D eigenvalue weighted by atomic mass is 35.5. The smallest absolute Gasteiger partial charge is 0.426 e. The predicted molar refractivity (Wildman–Crippen MR) is 62.6 cm³/mol. The Hall–Kier alpha value is -1.20. The molecule has 7 heteroatoms. The molecule has 2 nitrogen and oxygen atoms in total. The maximum Gasteiger partial charge on any atom is 0.426 e. The Bertz CT molecular complexity index is 496. The fraction of sp³-hybridized carbons (Fsp3) is 0.182. The van der Waals surface area contributed by atoms with Crippen LogP contribution >= 0.6 is 23.2 Å². The van der Waals surface area contributed by atoms with Crippen molar-refractivity contribution in [2.75, 3.05) is 0 Å². The fourth-order valence-electron chi connectivity index (χ4n) is 1.10. The lowest BCUT2D eigenvalue weighted by Crippen LogP contribution is -2.07. The summed E-state index contributed by atoms with van der Waals surface area (Å²) >= 11 is 10.8. The Morgan fingerprint density at radius 1 is 1.39 bits per heavy atom. The lowest BCUT2D eigenvalue weighted by atomic mass is 10.2. The Balaban J connectivity index is 3.21. The highest BCUT2D eigenvalue weighted by Gasteiger charge is 2.32. The van der Waals surface area contributed by atoms with Gasteiger partial charge in [0.1, 0.15) is 10.8 Å². The van der Waals surface area contributed by atoms with Crippen molar-refractivity contribution >= 4 is 35.2 Å². The van der Waals surface area contributed by atoms with E-state index >= 15 is 0 Å². The minimum atomic E-state index is -4.67. The molecule has 0 spiro atoms. The molecule has 1 rings (SSSR count). The number of rotatable bonds is 2. The number of esters is 1. The summed E-state index contributed by atoms with van der Waals surface area (Å²) in [5, 5.41) is -1.14. The zero-order valence-corrected chi connectivity index (χ0v) is 10.5. The summed E-state index contributed by atoms with van der Waals surface area (Å²) in [5.41, 5.74) is -0.0278. The highest BCUT2D eigenvalue weighted by Crippen LogP contribution is 2.33. The number of alkyl halides is 3. The molecule has 0 fully saturated rings. The van der Waals surface area contributed by atoms with E-state index in [1.807, 2.05) is 0 Å². The molecule has 0 radical (unpaired) electrons. The third-order valence-corrected chi connectivity index (χ3v) is 2.34. The van der Waals surface area contributed by atoms with E-state index in [2.05, 4.69) is 0 Å². The average Bonchev–Trinajstić information content (AvgIpc) is 2.20. The van der Waals surface area contributed by atoms with Gasteiger partial charge >= 0.3 is 12.1 Å². The molecule has 0 aromatic heterocycles. The van der Waals surface area contributed by atoms with Gasteiger partial charge < -0.3 is 4.74 Å². The molecule has 0 amide bonds. The highest BCUT2D eigenvalue weighted by molar-refractivity contribution is 6.32.